The van der Waals surface area contributed by atoms with Crippen molar-refractivity contribution < 1.29 is 23.0 Å². The number of carbonyl (C=O) groups is 1. The summed E-state index contributed by atoms with van der Waals surface area (Å²) in [6, 6.07) is 24.3. The molecule has 1 aliphatic carbocycles. The maximum atomic E-state index is 14.9. The van der Waals surface area contributed by atoms with E-state index < -0.39 is 11.6 Å². The second-order valence-corrected chi connectivity index (χ2v) is 10.6. The Morgan fingerprint density at radius 2 is 1.07 bits per heavy atom. The molecule has 1 aliphatic rings. The van der Waals surface area contributed by atoms with Gasteiger partial charge >= 0.3 is 0 Å². The molecule has 41 heavy (non-hydrogen) atoms. The van der Waals surface area contributed by atoms with Gasteiger partial charge in [0.25, 0.3) is 0 Å². The van der Waals surface area contributed by atoms with Gasteiger partial charge < -0.3 is 9.47 Å². The quantitative estimate of drug-likeness (QED) is 0.192. The molecule has 0 aliphatic heterocycles. The van der Waals surface area contributed by atoms with E-state index >= 15 is 0 Å². The summed E-state index contributed by atoms with van der Waals surface area (Å²) in [6.45, 7) is 0.307. The van der Waals surface area contributed by atoms with E-state index in [0.29, 0.717) is 41.5 Å². The molecule has 0 bridgehead atoms. The van der Waals surface area contributed by atoms with Gasteiger partial charge in [0, 0.05) is 32.3 Å². The first-order valence-corrected chi connectivity index (χ1v) is 13.9. The van der Waals surface area contributed by atoms with E-state index in [9.17, 15) is 13.6 Å². The Labute approximate surface area is 247 Å². The van der Waals surface area contributed by atoms with Crippen LogP contribution in [0.1, 0.15) is 41.5 Å². The van der Waals surface area contributed by atoms with Crippen LogP contribution in [0.5, 0.6) is 11.5 Å². The minimum Gasteiger partial charge on any atom is -0.485 e. The molecule has 5 rings (SSSR count). The number of Topliss-reactive ketones (excluding diaryl/α,β-unsaturated/α-hetero) is 1. The first-order chi connectivity index (χ1) is 19.9. The Kier molecular flexibility index (Phi) is 9.17. The number of hydrogen-bond donors (Lipinski definition) is 0. The van der Waals surface area contributed by atoms with Gasteiger partial charge in [0.15, 0.2) is 28.9 Å². The van der Waals surface area contributed by atoms with Crippen LogP contribution in [0.15, 0.2) is 96.1 Å². The van der Waals surface area contributed by atoms with Gasteiger partial charge in [0.2, 0.25) is 0 Å². The molecule has 0 atom stereocenters. The lowest BCUT2D eigenvalue weighted by molar-refractivity contribution is -0.112. The predicted octanol–water partition coefficient (Wildman–Crippen LogP) is 9.65. The zero-order chi connectivity index (χ0) is 28.8. The van der Waals surface area contributed by atoms with Gasteiger partial charge in [-0.15, -0.1) is 0 Å². The molecule has 0 aromatic heterocycles. The summed E-state index contributed by atoms with van der Waals surface area (Å²) in [5.74, 6) is -1.42. The molecule has 0 heterocycles. The van der Waals surface area contributed by atoms with E-state index in [2.05, 4.69) is 0 Å². The zero-order valence-electron chi connectivity index (χ0n) is 22.0. The number of hydrogen-bond acceptors (Lipinski definition) is 3. The molecule has 0 unspecified atom stereocenters. The third-order valence-electron chi connectivity index (χ3n) is 6.66. The smallest absolute Gasteiger partial charge is 0.185 e. The first kappa shape index (κ1) is 28.6. The first-order valence-electron chi connectivity index (χ1n) is 13.1. The highest BCUT2D eigenvalue weighted by Crippen LogP contribution is 2.36. The summed E-state index contributed by atoms with van der Waals surface area (Å²) >= 11 is 12.3. The molecule has 1 saturated carbocycles. The molecule has 0 spiro atoms. The van der Waals surface area contributed by atoms with Crippen molar-refractivity contribution in [1.82, 2.24) is 0 Å². The maximum Gasteiger partial charge on any atom is 0.185 e. The Morgan fingerprint density at radius 1 is 0.659 bits per heavy atom. The molecule has 208 valence electrons. The van der Waals surface area contributed by atoms with E-state index in [1.54, 1.807) is 24.3 Å². The van der Waals surface area contributed by atoms with Crippen LogP contribution in [-0.4, -0.2) is 5.78 Å². The molecule has 4 aromatic carbocycles. The SMILES string of the molecule is O=C1/C(=C/c2cc(Cl)cc(F)c2OCc2ccccc2)CCC/C1=C\c1cc(Cl)cc(F)c1OCc1ccccc1. The molecule has 0 saturated heterocycles. The number of ketones is 1. The van der Waals surface area contributed by atoms with Gasteiger partial charge in [0.05, 0.1) is 0 Å². The molecule has 0 amide bonds. The highest BCUT2D eigenvalue weighted by atomic mass is 35.5. The van der Waals surface area contributed by atoms with Gasteiger partial charge in [-0.25, -0.2) is 8.78 Å². The van der Waals surface area contributed by atoms with Crippen molar-refractivity contribution in [2.24, 2.45) is 0 Å². The van der Waals surface area contributed by atoms with Crippen molar-refractivity contribution >= 4 is 41.1 Å². The summed E-state index contributed by atoms with van der Waals surface area (Å²) < 4.78 is 41.6. The molecule has 0 N–H and O–H groups in total. The van der Waals surface area contributed by atoms with Gasteiger partial charge in [-0.2, -0.15) is 0 Å². The summed E-state index contributed by atoms with van der Waals surface area (Å²) in [5.41, 5.74) is 3.44. The van der Waals surface area contributed by atoms with Crippen LogP contribution in [0.25, 0.3) is 12.2 Å². The molecule has 3 nitrogen and oxygen atoms in total. The highest BCUT2D eigenvalue weighted by Gasteiger charge is 2.23. The van der Waals surface area contributed by atoms with Crippen LogP contribution < -0.4 is 9.47 Å². The molecule has 7 heteroatoms. The Balaban J connectivity index is 1.44. The van der Waals surface area contributed by atoms with E-state index in [1.807, 2.05) is 60.7 Å². The second-order valence-electron chi connectivity index (χ2n) is 9.68. The lowest BCUT2D eigenvalue weighted by Gasteiger charge is -2.19. The Hall–Kier alpha value is -3.93. The van der Waals surface area contributed by atoms with Gasteiger partial charge in [-0.3, -0.25) is 4.79 Å². The fraction of sp³-hybridized carbons (Fsp3) is 0.147. The standard InChI is InChI=1S/C34H26Cl2F2O3/c35-28-16-26(33(30(37)18-28)40-20-22-8-3-1-4-9-22)14-24-12-7-13-25(32(24)39)15-27-17-29(36)19-31(38)34(27)41-21-23-10-5-2-6-11-23/h1-6,8-11,14-19H,7,12-13,20-21H2/b24-14+,25-15+. The fourth-order valence-corrected chi connectivity index (χ4v) is 5.12. The lowest BCUT2D eigenvalue weighted by Crippen LogP contribution is -2.13. The van der Waals surface area contributed by atoms with Crippen LogP contribution in [-0.2, 0) is 18.0 Å². The summed E-state index contributed by atoms with van der Waals surface area (Å²) in [6.07, 6.45) is 4.90. The molecular weight excluding hydrogens is 565 g/mol. The summed E-state index contributed by atoms with van der Waals surface area (Å²) in [5, 5.41) is 0.380. The van der Waals surface area contributed by atoms with Crippen LogP contribution in [0, 0.1) is 11.6 Å². The molecular formula is C34H26Cl2F2O3. The largest absolute Gasteiger partial charge is 0.485 e. The second kappa shape index (κ2) is 13.2. The average Bonchev–Trinajstić information content (AvgIpc) is 2.95. The van der Waals surface area contributed by atoms with Crippen molar-refractivity contribution in [3.8, 4) is 11.5 Å². The monoisotopic (exact) mass is 590 g/mol. The number of ether oxygens (including phenoxy) is 2. The van der Waals surface area contributed by atoms with Crippen LogP contribution in [0.2, 0.25) is 10.0 Å². The van der Waals surface area contributed by atoms with E-state index in [0.717, 1.165) is 11.1 Å². The molecule has 1 fully saturated rings. The number of allylic oxidation sites excluding steroid dienone is 2. The average molecular weight is 591 g/mol. The van der Waals surface area contributed by atoms with E-state index in [4.69, 9.17) is 32.7 Å². The molecule has 4 aromatic rings. The third-order valence-corrected chi connectivity index (χ3v) is 7.10. The van der Waals surface area contributed by atoms with Gasteiger partial charge in [0.1, 0.15) is 13.2 Å². The van der Waals surface area contributed by atoms with Gasteiger partial charge in [-0.05, 0) is 66.8 Å². The minimum atomic E-state index is -0.617. The van der Waals surface area contributed by atoms with Crippen molar-refractivity contribution in [2.75, 3.05) is 0 Å². The van der Waals surface area contributed by atoms with Crippen LogP contribution in [0.3, 0.4) is 0 Å². The molecule has 0 radical (unpaired) electrons. The normalized spacial score (nSPS) is 15.4. The van der Waals surface area contributed by atoms with Crippen LogP contribution >= 0.6 is 23.2 Å². The minimum absolute atomic E-state index is 0.0168. The topological polar surface area (TPSA) is 35.5 Å². The van der Waals surface area contributed by atoms with Gasteiger partial charge in [-0.1, -0.05) is 83.9 Å². The number of rotatable bonds is 8. The van der Waals surface area contributed by atoms with Crippen molar-refractivity contribution in [2.45, 2.75) is 32.5 Å². The summed E-state index contributed by atoms with van der Waals surface area (Å²) in [7, 11) is 0. The maximum absolute atomic E-state index is 14.9. The zero-order valence-corrected chi connectivity index (χ0v) is 23.5. The highest BCUT2D eigenvalue weighted by molar-refractivity contribution is 6.31. The summed E-state index contributed by atoms with van der Waals surface area (Å²) in [4.78, 5) is 13.6. The van der Waals surface area contributed by atoms with E-state index in [-0.39, 0.29) is 40.5 Å². The number of carbonyl (C=O) groups excluding carboxylic acids is 1. The van der Waals surface area contributed by atoms with Crippen molar-refractivity contribution in [3.63, 3.8) is 0 Å². The fourth-order valence-electron chi connectivity index (χ4n) is 4.69. The lowest BCUT2D eigenvalue weighted by atomic mass is 9.86. The van der Waals surface area contributed by atoms with E-state index in [1.165, 1.54) is 12.1 Å². The number of benzene rings is 4. The third kappa shape index (κ3) is 7.24. The Bertz CT molecular complexity index is 1500. The number of halogens is 4. The Morgan fingerprint density at radius 3 is 1.49 bits per heavy atom. The van der Waals surface area contributed by atoms with Crippen LogP contribution in [0.4, 0.5) is 8.78 Å². The van der Waals surface area contributed by atoms with Crippen molar-refractivity contribution in [1.29, 1.82) is 0 Å². The predicted molar refractivity (Wildman–Crippen MR) is 159 cm³/mol. The van der Waals surface area contributed by atoms with Crippen molar-refractivity contribution in [3.05, 3.63) is 140 Å².